The summed E-state index contributed by atoms with van der Waals surface area (Å²) in [6.45, 7) is 0. The molecule has 0 aliphatic rings. The van der Waals surface area contributed by atoms with E-state index in [0.29, 0.717) is 6.29 Å². The maximum atomic E-state index is 13.5. The van der Waals surface area contributed by atoms with Crippen molar-refractivity contribution in [2.75, 3.05) is 5.73 Å². The molecule has 0 saturated heterocycles. The molecule has 82 valence electrons. The van der Waals surface area contributed by atoms with E-state index in [9.17, 15) is 13.6 Å². The van der Waals surface area contributed by atoms with Crippen molar-refractivity contribution >= 4 is 12.0 Å². The van der Waals surface area contributed by atoms with Crippen LogP contribution in [0, 0.1) is 11.6 Å². The third-order valence-electron chi connectivity index (χ3n) is 2.13. The molecule has 0 fully saturated rings. The largest absolute Gasteiger partial charge is 0.453 e. The summed E-state index contributed by atoms with van der Waals surface area (Å²) in [4.78, 5) is 10.4. The van der Waals surface area contributed by atoms with E-state index in [0.717, 1.165) is 6.07 Å². The van der Waals surface area contributed by atoms with Crippen LogP contribution < -0.4 is 5.73 Å². The Bertz CT molecular complexity index is 549. The third kappa shape index (κ3) is 1.56. The molecule has 0 bridgehead atoms. The number of hydrogen-bond donors (Lipinski definition) is 1. The first-order valence-corrected chi connectivity index (χ1v) is 4.42. The number of anilines is 1. The van der Waals surface area contributed by atoms with Gasteiger partial charge in [-0.1, -0.05) is 0 Å². The number of hydrogen-bond acceptors (Lipinski definition) is 3. The number of rotatable bonds is 2. The summed E-state index contributed by atoms with van der Waals surface area (Å²) in [6, 6.07) is 5.05. The maximum Gasteiger partial charge on any atom is 0.185 e. The number of carbonyl (C=O) groups is 1. The van der Waals surface area contributed by atoms with E-state index < -0.39 is 17.3 Å². The number of carbonyl (C=O) groups excluding carboxylic acids is 1. The van der Waals surface area contributed by atoms with Crippen molar-refractivity contribution in [3.8, 4) is 11.3 Å². The van der Waals surface area contributed by atoms with E-state index >= 15 is 0 Å². The zero-order valence-corrected chi connectivity index (χ0v) is 8.04. The van der Waals surface area contributed by atoms with Crippen LogP contribution in [0.3, 0.4) is 0 Å². The first-order valence-electron chi connectivity index (χ1n) is 4.42. The van der Waals surface area contributed by atoms with Crippen LogP contribution in [0.15, 0.2) is 28.7 Å². The highest BCUT2D eigenvalue weighted by atomic mass is 19.1. The molecule has 5 heteroatoms. The fourth-order valence-corrected chi connectivity index (χ4v) is 1.32. The fourth-order valence-electron chi connectivity index (χ4n) is 1.32. The number of nitrogens with two attached hydrogens (primary N) is 1. The monoisotopic (exact) mass is 223 g/mol. The van der Waals surface area contributed by atoms with Crippen molar-refractivity contribution in [2.24, 2.45) is 0 Å². The molecule has 2 N–H and O–H groups in total. The Labute approximate surface area is 89.5 Å². The molecule has 1 heterocycles. The average molecular weight is 223 g/mol. The Morgan fingerprint density at radius 2 is 1.94 bits per heavy atom. The Kier molecular flexibility index (Phi) is 2.44. The van der Waals surface area contributed by atoms with Gasteiger partial charge >= 0.3 is 0 Å². The van der Waals surface area contributed by atoms with Gasteiger partial charge in [0, 0.05) is 0 Å². The summed E-state index contributed by atoms with van der Waals surface area (Å²) >= 11 is 0. The minimum atomic E-state index is -0.896. The van der Waals surface area contributed by atoms with Crippen LogP contribution in [-0.4, -0.2) is 6.29 Å². The lowest BCUT2D eigenvalue weighted by Gasteiger charge is -2.03. The van der Waals surface area contributed by atoms with Gasteiger partial charge in [0.25, 0.3) is 0 Å². The van der Waals surface area contributed by atoms with Crippen LogP contribution in [0.1, 0.15) is 10.6 Å². The number of furan rings is 1. The van der Waals surface area contributed by atoms with E-state index in [1.807, 2.05) is 0 Å². The summed E-state index contributed by atoms with van der Waals surface area (Å²) in [5.74, 6) is -1.53. The van der Waals surface area contributed by atoms with Crippen LogP contribution >= 0.6 is 0 Å². The Morgan fingerprint density at radius 1 is 1.19 bits per heavy atom. The number of halogens is 2. The fraction of sp³-hybridized carbons (Fsp3) is 0. The molecule has 16 heavy (non-hydrogen) atoms. The lowest BCUT2D eigenvalue weighted by Crippen LogP contribution is -1.97. The molecule has 0 atom stereocenters. The first kappa shape index (κ1) is 10.4. The van der Waals surface area contributed by atoms with Crippen LogP contribution in [0.2, 0.25) is 0 Å². The highest BCUT2D eigenvalue weighted by Gasteiger charge is 2.14. The smallest absolute Gasteiger partial charge is 0.185 e. The number of benzene rings is 1. The topological polar surface area (TPSA) is 56.2 Å². The summed E-state index contributed by atoms with van der Waals surface area (Å²) in [5.41, 5.74) is 4.65. The summed E-state index contributed by atoms with van der Waals surface area (Å²) in [5, 5.41) is 0. The minimum Gasteiger partial charge on any atom is -0.453 e. The Balaban J connectivity index is 2.56. The van der Waals surface area contributed by atoms with Gasteiger partial charge in [0.1, 0.15) is 17.3 Å². The van der Waals surface area contributed by atoms with Crippen LogP contribution in [0.5, 0.6) is 0 Å². The Morgan fingerprint density at radius 3 is 2.56 bits per heavy atom. The van der Waals surface area contributed by atoms with Gasteiger partial charge in [-0.25, -0.2) is 8.78 Å². The molecule has 0 radical (unpaired) electrons. The highest BCUT2D eigenvalue weighted by molar-refractivity contribution is 5.73. The van der Waals surface area contributed by atoms with E-state index in [1.54, 1.807) is 0 Å². The molecule has 0 aliphatic heterocycles. The normalized spacial score (nSPS) is 10.4. The summed E-state index contributed by atoms with van der Waals surface area (Å²) in [7, 11) is 0. The zero-order chi connectivity index (χ0) is 11.7. The van der Waals surface area contributed by atoms with Gasteiger partial charge < -0.3 is 10.2 Å². The van der Waals surface area contributed by atoms with E-state index in [4.69, 9.17) is 10.2 Å². The molecule has 0 spiro atoms. The van der Waals surface area contributed by atoms with Crippen molar-refractivity contribution in [3.05, 3.63) is 41.7 Å². The van der Waals surface area contributed by atoms with Crippen molar-refractivity contribution < 1.29 is 18.0 Å². The molecular weight excluding hydrogens is 216 g/mol. The van der Waals surface area contributed by atoms with Crippen LogP contribution in [-0.2, 0) is 0 Å². The third-order valence-corrected chi connectivity index (χ3v) is 2.13. The maximum absolute atomic E-state index is 13.5. The molecular formula is C11H7F2NO2. The quantitative estimate of drug-likeness (QED) is 0.628. The Hall–Kier alpha value is -2.17. The van der Waals surface area contributed by atoms with Gasteiger partial charge in [0.2, 0.25) is 0 Å². The van der Waals surface area contributed by atoms with E-state index in [-0.39, 0.29) is 17.1 Å². The van der Waals surface area contributed by atoms with E-state index in [2.05, 4.69) is 0 Å². The number of nitrogen functional groups attached to an aromatic ring is 1. The minimum absolute atomic E-state index is 0.0204. The van der Waals surface area contributed by atoms with Crippen LogP contribution in [0.25, 0.3) is 11.3 Å². The molecule has 3 nitrogen and oxygen atoms in total. The second-order valence-electron chi connectivity index (χ2n) is 3.14. The summed E-state index contributed by atoms with van der Waals surface area (Å²) in [6.07, 6.45) is 0.494. The predicted octanol–water partition coefficient (Wildman–Crippen LogP) is 2.62. The van der Waals surface area contributed by atoms with Crippen molar-refractivity contribution in [1.82, 2.24) is 0 Å². The molecule has 0 unspecified atom stereocenters. The highest BCUT2D eigenvalue weighted by Crippen LogP contribution is 2.29. The van der Waals surface area contributed by atoms with Crippen molar-refractivity contribution in [3.63, 3.8) is 0 Å². The standard InChI is InChI=1S/C11H7F2NO2/c12-8-3-2-7(10(13)11(8)14)9-4-1-6(5-15)16-9/h1-5H,14H2. The van der Waals surface area contributed by atoms with E-state index in [1.165, 1.54) is 18.2 Å². The van der Waals surface area contributed by atoms with Gasteiger partial charge in [-0.3, -0.25) is 4.79 Å². The van der Waals surface area contributed by atoms with Crippen molar-refractivity contribution in [1.29, 1.82) is 0 Å². The second kappa shape index (κ2) is 3.77. The predicted molar refractivity (Wildman–Crippen MR) is 53.9 cm³/mol. The molecule has 0 aliphatic carbocycles. The lowest BCUT2D eigenvalue weighted by atomic mass is 10.1. The zero-order valence-electron chi connectivity index (χ0n) is 8.04. The second-order valence-corrected chi connectivity index (χ2v) is 3.14. The van der Waals surface area contributed by atoms with Crippen LogP contribution in [0.4, 0.5) is 14.5 Å². The SMILES string of the molecule is Nc1c(F)ccc(-c2ccc(C=O)o2)c1F. The lowest BCUT2D eigenvalue weighted by molar-refractivity contribution is 0.110. The summed E-state index contributed by atoms with van der Waals surface area (Å²) < 4.78 is 31.5. The molecule has 1 aromatic heterocycles. The first-order chi connectivity index (χ1) is 7.63. The van der Waals surface area contributed by atoms with Gasteiger partial charge in [-0.2, -0.15) is 0 Å². The van der Waals surface area contributed by atoms with Gasteiger partial charge in [-0.05, 0) is 24.3 Å². The molecule has 1 aromatic carbocycles. The van der Waals surface area contributed by atoms with Gasteiger partial charge in [0.05, 0.1) is 5.56 Å². The number of aldehydes is 1. The molecule has 0 amide bonds. The molecule has 2 aromatic rings. The van der Waals surface area contributed by atoms with Gasteiger partial charge in [-0.15, -0.1) is 0 Å². The molecule has 0 saturated carbocycles. The van der Waals surface area contributed by atoms with Crippen molar-refractivity contribution in [2.45, 2.75) is 0 Å². The van der Waals surface area contributed by atoms with Gasteiger partial charge in [0.15, 0.2) is 17.9 Å². The average Bonchev–Trinajstić information content (AvgIpc) is 2.74. The molecule has 2 rings (SSSR count).